The van der Waals surface area contributed by atoms with Gasteiger partial charge >= 0.3 is 5.97 Å². The van der Waals surface area contributed by atoms with Crippen LogP contribution in [0.25, 0.3) is 0 Å². The van der Waals surface area contributed by atoms with Gasteiger partial charge in [0.15, 0.2) is 0 Å². The summed E-state index contributed by atoms with van der Waals surface area (Å²) in [5.41, 5.74) is 0. The van der Waals surface area contributed by atoms with E-state index in [1.165, 1.54) is 7.11 Å². The molecule has 1 N–H and O–H groups in total. The van der Waals surface area contributed by atoms with E-state index in [9.17, 15) is 4.79 Å². The van der Waals surface area contributed by atoms with Gasteiger partial charge < -0.3 is 14.8 Å². The standard InChI is InChI=1S/C12H14ClNO3/c1-16-12(15)11-6-10(7-14-11)17-9-4-2-3-8(13)5-9/h2-5,10-11,14H,6-7H2,1H3/t10-,11-/m1/s1. The van der Waals surface area contributed by atoms with Crippen LogP contribution in [-0.2, 0) is 9.53 Å². The Morgan fingerprint density at radius 1 is 1.53 bits per heavy atom. The van der Waals surface area contributed by atoms with Gasteiger partial charge in [-0.25, -0.2) is 0 Å². The first kappa shape index (κ1) is 12.2. The zero-order valence-electron chi connectivity index (χ0n) is 9.48. The first-order valence-electron chi connectivity index (χ1n) is 5.42. The number of rotatable bonds is 3. The molecule has 0 aliphatic carbocycles. The van der Waals surface area contributed by atoms with Gasteiger partial charge in [-0.2, -0.15) is 0 Å². The molecule has 17 heavy (non-hydrogen) atoms. The molecule has 5 heteroatoms. The van der Waals surface area contributed by atoms with Crippen LogP contribution in [0.3, 0.4) is 0 Å². The highest BCUT2D eigenvalue weighted by Crippen LogP contribution is 2.21. The van der Waals surface area contributed by atoms with Crippen LogP contribution in [0.1, 0.15) is 6.42 Å². The minimum Gasteiger partial charge on any atom is -0.489 e. The molecular weight excluding hydrogens is 242 g/mol. The molecular formula is C12H14ClNO3. The van der Waals surface area contributed by atoms with Gasteiger partial charge in [-0.1, -0.05) is 17.7 Å². The first-order valence-corrected chi connectivity index (χ1v) is 5.80. The minimum absolute atomic E-state index is 0.0300. The lowest BCUT2D eigenvalue weighted by molar-refractivity contribution is -0.142. The molecule has 4 nitrogen and oxygen atoms in total. The number of ether oxygens (including phenoxy) is 2. The Labute approximate surface area is 105 Å². The van der Waals surface area contributed by atoms with Crippen LogP contribution in [0.4, 0.5) is 0 Å². The summed E-state index contributed by atoms with van der Waals surface area (Å²) in [4.78, 5) is 11.3. The largest absolute Gasteiger partial charge is 0.489 e. The molecule has 92 valence electrons. The van der Waals surface area contributed by atoms with Gasteiger partial charge in [-0.05, 0) is 18.2 Å². The summed E-state index contributed by atoms with van der Waals surface area (Å²) < 4.78 is 10.4. The van der Waals surface area contributed by atoms with Crippen LogP contribution in [0.5, 0.6) is 5.75 Å². The summed E-state index contributed by atoms with van der Waals surface area (Å²) in [6.07, 6.45) is 0.580. The Balaban J connectivity index is 1.92. The Bertz CT molecular complexity index is 410. The van der Waals surface area contributed by atoms with Gasteiger partial charge in [0.25, 0.3) is 0 Å². The average molecular weight is 256 g/mol. The number of nitrogens with one attached hydrogen (secondary N) is 1. The molecule has 1 fully saturated rings. The maximum absolute atomic E-state index is 11.3. The van der Waals surface area contributed by atoms with Gasteiger partial charge in [0.2, 0.25) is 0 Å². The van der Waals surface area contributed by atoms with E-state index in [4.69, 9.17) is 16.3 Å². The Kier molecular flexibility index (Phi) is 3.86. The summed E-state index contributed by atoms with van der Waals surface area (Å²) in [6, 6.07) is 6.95. The lowest BCUT2D eigenvalue weighted by Gasteiger charge is -2.12. The summed E-state index contributed by atoms with van der Waals surface area (Å²) in [5, 5.41) is 3.70. The maximum Gasteiger partial charge on any atom is 0.323 e. The summed E-state index contributed by atoms with van der Waals surface area (Å²) in [5.74, 6) is 0.469. The van der Waals surface area contributed by atoms with E-state index in [0.29, 0.717) is 18.0 Å². The molecule has 1 aromatic carbocycles. The Morgan fingerprint density at radius 3 is 3.06 bits per heavy atom. The minimum atomic E-state index is -0.274. The summed E-state index contributed by atoms with van der Waals surface area (Å²) in [6.45, 7) is 0.631. The second kappa shape index (κ2) is 5.38. The molecule has 0 saturated carbocycles. The molecule has 0 bridgehead atoms. The molecule has 0 spiro atoms. The monoisotopic (exact) mass is 255 g/mol. The number of halogens is 1. The molecule has 1 aliphatic heterocycles. The van der Waals surface area contributed by atoms with E-state index in [1.54, 1.807) is 12.1 Å². The van der Waals surface area contributed by atoms with Crippen LogP contribution in [0.15, 0.2) is 24.3 Å². The van der Waals surface area contributed by atoms with E-state index in [-0.39, 0.29) is 18.1 Å². The number of carbonyl (C=O) groups is 1. The molecule has 1 aromatic rings. The third-order valence-electron chi connectivity index (χ3n) is 2.68. The van der Waals surface area contributed by atoms with Crippen molar-refractivity contribution in [1.82, 2.24) is 5.32 Å². The second-order valence-electron chi connectivity index (χ2n) is 3.92. The van der Waals surface area contributed by atoms with Crippen LogP contribution in [0.2, 0.25) is 5.02 Å². The Hall–Kier alpha value is -1.26. The van der Waals surface area contributed by atoms with Crippen molar-refractivity contribution in [3.63, 3.8) is 0 Å². The SMILES string of the molecule is COC(=O)[C@H]1C[C@@H](Oc2cccc(Cl)c2)CN1. The molecule has 0 radical (unpaired) electrons. The van der Waals surface area contributed by atoms with Crippen LogP contribution < -0.4 is 10.1 Å². The van der Waals surface area contributed by atoms with Crippen molar-refractivity contribution in [2.75, 3.05) is 13.7 Å². The molecule has 0 unspecified atom stereocenters. The fourth-order valence-electron chi connectivity index (χ4n) is 1.85. The lowest BCUT2D eigenvalue weighted by atomic mass is 10.2. The van der Waals surface area contributed by atoms with Gasteiger partial charge in [0.05, 0.1) is 7.11 Å². The topological polar surface area (TPSA) is 47.6 Å². The highest BCUT2D eigenvalue weighted by Gasteiger charge is 2.31. The average Bonchev–Trinajstić information content (AvgIpc) is 2.76. The Morgan fingerprint density at radius 2 is 2.35 bits per heavy atom. The predicted molar refractivity (Wildman–Crippen MR) is 64.3 cm³/mol. The van der Waals surface area contributed by atoms with Crippen molar-refractivity contribution in [1.29, 1.82) is 0 Å². The van der Waals surface area contributed by atoms with Crippen LogP contribution in [-0.4, -0.2) is 31.8 Å². The van der Waals surface area contributed by atoms with Crippen LogP contribution in [0, 0.1) is 0 Å². The fourth-order valence-corrected chi connectivity index (χ4v) is 2.03. The highest BCUT2D eigenvalue weighted by atomic mass is 35.5. The van der Waals surface area contributed by atoms with Gasteiger partial charge in [-0.15, -0.1) is 0 Å². The number of methoxy groups -OCH3 is 1. The summed E-state index contributed by atoms with van der Waals surface area (Å²) >= 11 is 5.86. The van der Waals surface area contributed by atoms with E-state index in [2.05, 4.69) is 10.1 Å². The van der Waals surface area contributed by atoms with Crippen molar-refractivity contribution < 1.29 is 14.3 Å². The predicted octanol–water partition coefficient (Wildman–Crippen LogP) is 1.62. The molecule has 1 heterocycles. The molecule has 1 saturated heterocycles. The smallest absolute Gasteiger partial charge is 0.323 e. The molecule has 1 aliphatic rings. The van der Waals surface area contributed by atoms with Crippen molar-refractivity contribution in [2.24, 2.45) is 0 Å². The lowest BCUT2D eigenvalue weighted by Crippen LogP contribution is -2.31. The highest BCUT2D eigenvalue weighted by molar-refractivity contribution is 6.30. The molecule has 0 amide bonds. The van der Waals surface area contributed by atoms with Crippen molar-refractivity contribution >= 4 is 17.6 Å². The van der Waals surface area contributed by atoms with Gasteiger partial charge in [0, 0.05) is 18.0 Å². The number of hydrogen-bond acceptors (Lipinski definition) is 4. The van der Waals surface area contributed by atoms with E-state index in [0.717, 1.165) is 5.75 Å². The number of benzene rings is 1. The van der Waals surface area contributed by atoms with E-state index in [1.807, 2.05) is 12.1 Å². The summed E-state index contributed by atoms with van der Waals surface area (Å²) in [7, 11) is 1.38. The van der Waals surface area contributed by atoms with Crippen molar-refractivity contribution in [2.45, 2.75) is 18.6 Å². The second-order valence-corrected chi connectivity index (χ2v) is 4.35. The van der Waals surface area contributed by atoms with Crippen LogP contribution >= 0.6 is 11.6 Å². The maximum atomic E-state index is 11.3. The van der Waals surface area contributed by atoms with Gasteiger partial charge in [-0.3, -0.25) is 4.79 Å². The zero-order valence-corrected chi connectivity index (χ0v) is 10.2. The first-order chi connectivity index (χ1) is 8.19. The molecule has 0 aromatic heterocycles. The van der Waals surface area contributed by atoms with E-state index < -0.39 is 0 Å². The zero-order chi connectivity index (χ0) is 12.3. The molecule has 2 rings (SSSR count). The quantitative estimate of drug-likeness (QED) is 0.834. The normalized spacial score (nSPS) is 23.4. The van der Waals surface area contributed by atoms with E-state index >= 15 is 0 Å². The third-order valence-corrected chi connectivity index (χ3v) is 2.91. The number of hydrogen-bond donors (Lipinski definition) is 1. The number of carbonyl (C=O) groups excluding carboxylic acids is 1. The molecule has 2 atom stereocenters. The van der Waals surface area contributed by atoms with Gasteiger partial charge in [0.1, 0.15) is 17.9 Å². The fraction of sp³-hybridized carbons (Fsp3) is 0.417. The van der Waals surface area contributed by atoms with Crippen molar-refractivity contribution in [3.05, 3.63) is 29.3 Å². The number of esters is 1. The van der Waals surface area contributed by atoms with Crippen molar-refractivity contribution in [3.8, 4) is 5.75 Å². The third kappa shape index (κ3) is 3.11.